The van der Waals surface area contributed by atoms with Crippen molar-refractivity contribution in [1.29, 1.82) is 5.26 Å². The van der Waals surface area contributed by atoms with Gasteiger partial charge in [0, 0.05) is 55.6 Å². The van der Waals surface area contributed by atoms with Gasteiger partial charge in [-0.3, -0.25) is 9.69 Å². The molecule has 0 N–H and O–H groups in total. The molecule has 0 aromatic carbocycles. The number of piperidine rings is 1. The molecule has 3 aromatic heterocycles. The predicted octanol–water partition coefficient (Wildman–Crippen LogP) is 4.23. The summed E-state index contributed by atoms with van der Waals surface area (Å²) < 4.78 is 13.5. The second-order valence-electron chi connectivity index (χ2n) is 11.9. The number of carbonyl (C=O) groups excluding carboxylic acids is 2. The SMILES string of the molecule is Cc1cc(-c2nc(C#N)nc3c2ccn3C)cnc1OCC1CCN(C(=O)[C@@H]2CCCN2C(=O)OC(C)(C)C)CC1. The second kappa shape index (κ2) is 11.4. The number of nitriles is 1. The normalized spacial score (nSPS) is 18.0. The number of fused-ring (bicyclic) bond motifs is 1. The number of aryl methyl sites for hydroxylation is 2. The first-order valence-corrected chi connectivity index (χ1v) is 14.2. The number of pyridine rings is 1. The van der Waals surface area contributed by atoms with Crippen molar-refractivity contribution >= 4 is 23.0 Å². The molecule has 3 aromatic rings. The highest BCUT2D eigenvalue weighted by Crippen LogP contribution is 2.30. The van der Waals surface area contributed by atoms with Gasteiger partial charge in [0.1, 0.15) is 23.4 Å². The van der Waals surface area contributed by atoms with Crippen molar-refractivity contribution < 1.29 is 19.1 Å². The maximum absolute atomic E-state index is 13.3. The number of nitrogens with zero attached hydrogens (tertiary/aromatic N) is 7. The van der Waals surface area contributed by atoms with E-state index >= 15 is 0 Å². The smallest absolute Gasteiger partial charge is 0.410 e. The quantitative estimate of drug-likeness (QED) is 0.455. The number of amides is 2. The lowest BCUT2D eigenvalue weighted by Crippen LogP contribution is -2.51. The zero-order valence-corrected chi connectivity index (χ0v) is 24.4. The third-order valence-electron chi connectivity index (χ3n) is 7.68. The maximum atomic E-state index is 13.3. The van der Waals surface area contributed by atoms with Crippen LogP contribution in [0.3, 0.4) is 0 Å². The van der Waals surface area contributed by atoms with Crippen molar-refractivity contribution in [3.63, 3.8) is 0 Å². The molecule has 0 spiro atoms. The molecular formula is C30H37N7O4. The van der Waals surface area contributed by atoms with Crippen LogP contribution >= 0.6 is 0 Å². The molecule has 2 fully saturated rings. The Morgan fingerprint density at radius 2 is 1.90 bits per heavy atom. The Kier molecular flexibility index (Phi) is 7.84. The fourth-order valence-electron chi connectivity index (χ4n) is 5.54. The van der Waals surface area contributed by atoms with E-state index in [9.17, 15) is 14.9 Å². The highest BCUT2D eigenvalue weighted by atomic mass is 16.6. The summed E-state index contributed by atoms with van der Waals surface area (Å²) in [7, 11) is 1.88. The Labute approximate surface area is 240 Å². The molecule has 11 nitrogen and oxygen atoms in total. The van der Waals surface area contributed by atoms with Crippen LogP contribution in [0.5, 0.6) is 5.88 Å². The van der Waals surface area contributed by atoms with Crippen LogP contribution in [0.2, 0.25) is 0 Å². The van der Waals surface area contributed by atoms with Crippen molar-refractivity contribution in [2.24, 2.45) is 13.0 Å². The maximum Gasteiger partial charge on any atom is 0.410 e. The fraction of sp³-hybridized carbons (Fsp3) is 0.533. The zero-order valence-electron chi connectivity index (χ0n) is 24.4. The summed E-state index contributed by atoms with van der Waals surface area (Å²) in [6.07, 6.45) is 6.33. The van der Waals surface area contributed by atoms with Crippen LogP contribution in [-0.2, 0) is 16.6 Å². The van der Waals surface area contributed by atoms with E-state index in [0.717, 1.165) is 35.8 Å². The topological polar surface area (TPSA) is 126 Å². The molecule has 5 rings (SSSR count). The Bertz CT molecular complexity index is 1490. The van der Waals surface area contributed by atoms with Gasteiger partial charge in [-0.15, -0.1) is 0 Å². The van der Waals surface area contributed by atoms with Crippen LogP contribution in [0.15, 0.2) is 24.5 Å². The minimum Gasteiger partial charge on any atom is -0.477 e. The first kappa shape index (κ1) is 28.3. The average molecular weight is 560 g/mol. The number of hydrogen-bond donors (Lipinski definition) is 0. The van der Waals surface area contributed by atoms with Crippen LogP contribution in [-0.4, -0.2) is 79.2 Å². The molecule has 0 saturated carbocycles. The van der Waals surface area contributed by atoms with Crippen LogP contribution in [0.25, 0.3) is 22.3 Å². The zero-order chi connectivity index (χ0) is 29.3. The van der Waals surface area contributed by atoms with Crippen molar-refractivity contribution in [3.05, 3.63) is 35.9 Å². The van der Waals surface area contributed by atoms with E-state index in [2.05, 4.69) is 15.0 Å². The van der Waals surface area contributed by atoms with Gasteiger partial charge in [-0.1, -0.05) is 0 Å². The van der Waals surface area contributed by atoms with E-state index in [1.165, 1.54) is 0 Å². The lowest BCUT2D eigenvalue weighted by molar-refractivity contribution is -0.137. The highest BCUT2D eigenvalue weighted by molar-refractivity contribution is 5.91. The summed E-state index contributed by atoms with van der Waals surface area (Å²) >= 11 is 0. The Morgan fingerprint density at radius 1 is 1.15 bits per heavy atom. The molecule has 0 aliphatic carbocycles. The Morgan fingerprint density at radius 3 is 2.59 bits per heavy atom. The van der Waals surface area contributed by atoms with Crippen LogP contribution < -0.4 is 4.74 Å². The molecule has 11 heteroatoms. The lowest BCUT2D eigenvalue weighted by Gasteiger charge is -2.35. The minimum absolute atomic E-state index is 0.0117. The number of carbonyl (C=O) groups is 2. The molecule has 0 unspecified atom stereocenters. The lowest BCUT2D eigenvalue weighted by atomic mass is 9.97. The molecular weight excluding hydrogens is 522 g/mol. The molecule has 2 aliphatic rings. The summed E-state index contributed by atoms with van der Waals surface area (Å²) in [6, 6.07) is 5.50. The van der Waals surface area contributed by atoms with E-state index in [0.29, 0.717) is 55.8 Å². The number of hydrogen-bond acceptors (Lipinski definition) is 8. The van der Waals surface area contributed by atoms with Crippen LogP contribution in [0.4, 0.5) is 4.79 Å². The Hall–Kier alpha value is -4.20. The molecule has 1 atom stereocenters. The summed E-state index contributed by atoms with van der Waals surface area (Å²) in [4.78, 5) is 42.7. The predicted molar refractivity (Wildman–Crippen MR) is 152 cm³/mol. The molecule has 2 saturated heterocycles. The molecule has 5 heterocycles. The molecule has 216 valence electrons. The number of ether oxygens (including phenoxy) is 2. The van der Waals surface area contributed by atoms with Gasteiger partial charge in [0.25, 0.3) is 0 Å². The van der Waals surface area contributed by atoms with Crippen molar-refractivity contribution in [2.45, 2.75) is 65.0 Å². The molecule has 41 heavy (non-hydrogen) atoms. The van der Waals surface area contributed by atoms with E-state index in [4.69, 9.17) is 9.47 Å². The summed E-state index contributed by atoms with van der Waals surface area (Å²) in [6.45, 7) is 9.78. The summed E-state index contributed by atoms with van der Waals surface area (Å²) in [5.41, 5.74) is 2.44. The summed E-state index contributed by atoms with van der Waals surface area (Å²) in [5.74, 6) is 0.986. The van der Waals surface area contributed by atoms with Gasteiger partial charge in [0.2, 0.25) is 17.6 Å². The first-order valence-electron chi connectivity index (χ1n) is 14.2. The van der Waals surface area contributed by atoms with E-state index in [1.54, 1.807) is 11.1 Å². The second-order valence-corrected chi connectivity index (χ2v) is 11.9. The molecule has 2 aliphatic heterocycles. The monoisotopic (exact) mass is 559 g/mol. The van der Waals surface area contributed by atoms with E-state index < -0.39 is 17.7 Å². The molecule has 2 amide bonds. The Balaban J connectivity index is 1.17. The van der Waals surface area contributed by atoms with Gasteiger partial charge in [0.05, 0.1) is 12.3 Å². The number of likely N-dealkylation sites (tertiary alicyclic amines) is 2. The molecule has 0 bridgehead atoms. The van der Waals surface area contributed by atoms with Gasteiger partial charge >= 0.3 is 6.09 Å². The standard InChI is InChI=1S/C30H37N7O4/c1-19-15-21(25-22-10-12-35(5)26(22)34-24(16-31)33-25)17-32-27(19)40-18-20-8-13-36(14-9-20)28(38)23-7-6-11-37(23)29(39)41-30(2,3)4/h10,12,15,17,20,23H,6-9,11,13-14,18H2,1-5H3/t23-/m0/s1. The highest BCUT2D eigenvalue weighted by Gasteiger charge is 2.39. The van der Waals surface area contributed by atoms with Gasteiger partial charge in [-0.2, -0.15) is 5.26 Å². The van der Waals surface area contributed by atoms with Crippen LogP contribution in [0, 0.1) is 24.2 Å². The van der Waals surface area contributed by atoms with Gasteiger partial charge in [0.15, 0.2) is 0 Å². The van der Waals surface area contributed by atoms with Crippen molar-refractivity contribution in [2.75, 3.05) is 26.2 Å². The number of rotatable bonds is 5. The van der Waals surface area contributed by atoms with E-state index in [-0.39, 0.29) is 11.7 Å². The van der Waals surface area contributed by atoms with E-state index in [1.807, 2.05) is 68.6 Å². The van der Waals surface area contributed by atoms with Gasteiger partial charge in [-0.05, 0) is 71.4 Å². The summed E-state index contributed by atoms with van der Waals surface area (Å²) in [5, 5.41) is 10.3. The van der Waals surface area contributed by atoms with Crippen molar-refractivity contribution in [3.8, 4) is 23.2 Å². The first-order chi connectivity index (χ1) is 19.5. The van der Waals surface area contributed by atoms with Crippen LogP contribution in [0.1, 0.15) is 57.8 Å². The van der Waals surface area contributed by atoms with Gasteiger partial charge in [-0.25, -0.2) is 19.7 Å². The van der Waals surface area contributed by atoms with Crippen molar-refractivity contribution in [1.82, 2.24) is 29.3 Å². The largest absolute Gasteiger partial charge is 0.477 e. The minimum atomic E-state index is -0.593. The third-order valence-corrected chi connectivity index (χ3v) is 7.68. The fourth-order valence-corrected chi connectivity index (χ4v) is 5.54. The van der Waals surface area contributed by atoms with Gasteiger partial charge < -0.3 is 18.9 Å². The number of aromatic nitrogens is 4. The average Bonchev–Trinajstić information content (AvgIpc) is 3.58. The molecule has 0 radical (unpaired) electrons. The third kappa shape index (κ3) is 6.11.